The average Bonchev–Trinajstić information content (AvgIpc) is 2.74. The number of hydrogen-bond acceptors (Lipinski definition) is 7. The number of pyridine rings is 1. The lowest BCUT2D eigenvalue weighted by Crippen LogP contribution is -2.39. The summed E-state index contributed by atoms with van der Waals surface area (Å²) < 4.78 is 39.9. The van der Waals surface area contributed by atoms with Crippen LogP contribution in [0.15, 0.2) is 47.6 Å². The molecule has 1 aliphatic carbocycles. The van der Waals surface area contributed by atoms with Crippen LogP contribution in [0.4, 0.5) is 0 Å². The molecule has 1 saturated carbocycles. The molecule has 4 rings (SSSR count). The molecule has 9 heteroatoms. The number of sulfonamides is 1. The van der Waals surface area contributed by atoms with Gasteiger partial charge >= 0.3 is 0 Å². The van der Waals surface area contributed by atoms with E-state index in [1.807, 2.05) is 25.1 Å². The highest BCUT2D eigenvalue weighted by atomic mass is 32.2. The molecule has 2 heterocycles. The molecule has 8 nitrogen and oxygen atoms in total. The molecule has 0 radical (unpaired) electrons. The molecule has 0 aliphatic heterocycles. The quantitative estimate of drug-likeness (QED) is 0.644. The van der Waals surface area contributed by atoms with Crippen LogP contribution in [0.25, 0.3) is 10.9 Å². The van der Waals surface area contributed by atoms with Gasteiger partial charge in [-0.15, -0.1) is 0 Å². The molecule has 2 aromatic heterocycles. The zero-order valence-corrected chi connectivity index (χ0v) is 17.7. The van der Waals surface area contributed by atoms with Gasteiger partial charge in [0.1, 0.15) is 11.0 Å². The number of methoxy groups -OCH3 is 1. The van der Waals surface area contributed by atoms with E-state index < -0.39 is 10.0 Å². The minimum Gasteiger partial charge on any atom is -0.480 e. The van der Waals surface area contributed by atoms with E-state index in [0.29, 0.717) is 30.1 Å². The first-order valence-corrected chi connectivity index (χ1v) is 11.3. The third-order valence-electron chi connectivity index (χ3n) is 5.19. The minimum atomic E-state index is -3.68. The molecular formula is C21H24N4O4S. The summed E-state index contributed by atoms with van der Waals surface area (Å²) in [5.41, 5.74) is 1.28. The summed E-state index contributed by atoms with van der Waals surface area (Å²) in [7, 11) is -2.16. The number of aryl methyl sites for hydroxylation is 1. The van der Waals surface area contributed by atoms with Crippen molar-refractivity contribution in [1.29, 1.82) is 0 Å². The number of nitrogens with one attached hydrogen (secondary N) is 1. The van der Waals surface area contributed by atoms with Crippen LogP contribution in [0.2, 0.25) is 0 Å². The largest absolute Gasteiger partial charge is 0.480 e. The van der Waals surface area contributed by atoms with E-state index in [-0.39, 0.29) is 17.0 Å². The molecule has 0 saturated heterocycles. The highest BCUT2D eigenvalue weighted by Gasteiger charge is 2.28. The maximum absolute atomic E-state index is 13.1. The van der Waals surface area contributed by atoms with E-state index in [9.17, 15) is 8.42 Å². The van der Waals surface area contributed by atoms with Crippen molar-refractivity contribution in [3.05, 3.63) is 48.4 Å². The number of para-hydroxylation sites is 1. The Hall–Kier alpha value is -2.78. The number of ether oxygens (including phenoxy) is 2. The van der Waals surface area contributed by atoms with E-state index in [4.69, 9.17) is 9.47 Å². The molecule has 158 valence electrons. The molecule has 0 spiro atoms. The van der Waals surface area contributed by atoms with Crippen LogP contribution in [0, 0.1) is 6.92 Å². The maximum Gasteiger partial charge on any atom is 0.242 e. The second-order valence-electron chi connectivity index (χ2n) is 7.39. The summed E-state index contributed by atoms with van der Waals surface area (Å²) in [6, 6.07) is 8.83. The molecule has 1 aromatic carbocycles. The van der Waals surface area contributed by atoms with E-state index >= 15 is 0 Å². The number of nitrogens with zero attached hydrogens (tertiary/aromatic N) is 3. The topological polar surface area (TPSA) is 103 Å². The van der Waals surface area contributed by atoms with Crippen LogP contribution < -0.4 is 14.2 Å². The summed E-state index contributed by atoms with van der Waals surface area (Å²) in [4.78, 5) is 12.9. The van der Waals surface area contributed by atoms with Gasteiger partial charge in [-0.05, 0) is 44.7 Å². The predicted octanol–water partition coefficient (Wildman–Crippen LogP) is 3.01. The van der Waals surface area contributed by atoms with Crippen LogP contribution in [-0.4, -0.2) is 42.6 Å². The van der Waals surface area contributed by atoms with Crippen molar-refractivity contribution in [1.82, 2.24) is 19.7 Å². The Bertz CT molecular complexity index is 1140. The third kappa shape index (κ3) is 4.52. The highest BCUT2D eigenvalue weighted by molar-refractivity contribution is 7.89. The van der Waals surface area contributed by atoms with Gasteiger partial charge in [0.25, 0.3) is 0 Å². The second-order valence-corrected chi connectivity index (χ2v) is 9.08. The van der Waals surface area contributed by atoms with Gasteiger partial charge in [-0.2, -0.15) is 4.98 Å². The zero-order chi connectivity index (χ0) is 21.1. The van der Waals surface area contributed by atoms with Crippen molar-refractivity contribution < 1.29 is 17.9 Å². The van der Waals surface area contributed by atoms with Crippen LogP contribution >= 0.6 is 0 Å². The normalized spacial score (nSPS) is 19.5. The van der Waals surface area contributed by atoms with Gasteiger partial charge in [0, 0.05) is 17.1 Å². The SMILES string of the molecule is COc1cncc(OC2CCC(NS(=O)(=O)c3cccc4ccc(C)nc34)CC2)n1. The Morgan fingerprint density at radius 3 is 2.53 bits per heavy atom. The Morgan fingerprint density at radius 2 is 1.77 bits per heavy atom. The molecule has 0 unspecified atom stereocenters. The molecule has 0 atom stereocenters. The van der Waals surface area contributed by atoms with Crippen molar-refractivity contribution in [3.63, 3.8) is 0 Å². The van der Waals surface area contributed by atoms with Gasteiger partial charge in [0.05, 0.1) is 25.0 Å². The van der Waals surface area contributed by atoms with E-state index in [2.05, 4.69) is 19.7 Å². The lowest BCUT2D eigenvalue weighted by Gasteiger charge is -2.29. The van der Waals surface area contributed by atoms with Gasteiger partial charge < -0.3 is 9.47 Å². The first-order valence-electron chi connectivity index (χ1n) is 9.86. The van der Waals surface area contributed by atoms with Crippen LogP contribution in [0.5, 0.6) is 11.8 Å². The summed E-state index contributed by atoms with van der Waals surface area (Å²) in [5, 5.41) is 0.806. The number of rotatable bonds is 6. The van der Waals surface area contributed by atoms with Crippen LogP contribution in [0.3, 0.4) is 0 Å². The highest BCUT2D eigenvalue weighted by Crippen LogP contribution is 2.26. The number of benzene rings is 1. The molecule has 30 heavy (non-hydrogen) atoms. The molecule has 1 N–H and O–H groups in total. The van der Waals surface area contributed by atoms with Crippen molar-refractivity contribution in [2.75, 3.05) is 7.11 Å². The molecule has 1 aliphatic rings. The Balaban J connectivity index is 1.42. The van der Waals surface area contributed by atoms with E-state index in [1.54, 1.807) is 18.3 Å². The Morgan fingerprint density at radius 1 is 1.00 bits per heavy atom. The summed E-state index contributed by atoms with van der Waals surface area (Å²) in [5.74, 6) is 0.809. The third-order valence-corrected chi connectivity index (χ3v) is 6.75. The molecule has 0 bridgehead atoms. The van der Waals surface area contributed by atoms with Crippen LogP contribution in [-0.2, 0) is 10.0 Å². The molecule has 0 amide bonds. The van der Waals surface area contributed by atoms with Crippen molar-refractivity contribution in [2.45, 2.75) is 49.6 Å². The molecule has 3 aromatic rings. The van der Waals surface area contributed by atoms with Crippen molar-refractivity contribution in [3.8, 4) is 11.8 Å². The first-order chi connectivity index (χ1) is 14.4. The first kappa shape index (κ1) is 20.5. The zero-order valence-electron chi connectivity index (χ0n) is 16.9. The Labute approximate surface area is 175 Å². The average molecular weight is 429 g/mol. The number of hydrogen-bond donors (Lipinski definition) is 1. The minimum absolute atomic E-state index is 0.0333. The lowest BCUT2D eigenvalue weighted by atomic mass is 9.94. The fourth-order valence-corrected chi connectivity index (χ4v) is 5.15. The van der Waals surface area contributed by atoms with Gasteiger partial charge in [-0.1, -0.05) is 18.2 Å². The molecular weight excluding hydrogens is 404 g/mol. The van der Waals surface area contributed by atoms with Gasteiger partial charge in [-0.3, -0.25) is 9.97 Å². The summed E-state index contributed by atoms with van der Waals surface area (Å²) in [6.45, 7) is 1.85. The van der Waals surface area contributed by atoms with E-state index in [0.717, 1.165) is 23.9 Å². The monoisotopic (exact) mass is 428 g/mol. The van der Waals surface area contributed by atoms with Gasteiger partial charge in [0.2, 0.25) is 21.8 Å². The van der Waals surface area contributed by atoms with Gasteiger partial charge in [-0.25, -0.2) is 13.1 Å². The van der Waals surface area contributed by atoms with Crippen molar-refractivity contribution >= 4 is 20.9 Å². The number of fused-ring (bicyclic) bond motifs is 1. The summed E-state index contributed by atoms with van der Waals surface area (Å²) >= 11 is 0. The Kier molecular flexibility index (Phi) is 5.83. The fourth-order valence-electron chi connectivity index (χ4n) is 3.67. The predicted molar refractivity (Wildman–Crippen MR) is 112 cm³/mol. The van der Waals surface area contributed by atoms with Crippen molar-refractivity contribution in [2.24, 2.45) is 0 Å². The fraction of sp³-hybridized carbons (Fsp3) is 0.381. The smallest absolute Gasteiger partial charge is 0.242 e. The van der Waals surface area contributed by atoms with E-state index in [1.165, 1.54) is 13.3 Å². The maximum atomic E-state index is 13.1. The van der Waals surface area contributed by atoms with Crippen LogP contribution in [0.1, 0.15) is 31.4 Å². The number of aromatic nitrogens is 3. The van der Waals surface area contributed by atoms with Gasteiger partial charge in [0.15, 0.2) is 0 Å². The molecule has 1 fully saturated rings. The lowest BCUT2D eigenvalue weighted by molar-refractivity contribution is 0.136. The standard InChI is InChI=1S/C21H24N4O4S/c1-14-6-7-15-4-3-5-18(21(15)23-14)30(26,27)25-16-8-10-17(11-9-16)29-20-13-22-12-19(24-20)28-2/h3-7,12-13,16-17,25H,8-11H2,1-2H3. The summed E-state index contributed by atoms with van der Waals surface area (Å²) in [6.07, 6.45) is 5.83. The second kappa shape index (κ2) is 8.53.